The molecule has 0 radical (unpaired) electrons. The van der Waals surface area contributed by atoms with Gasteiger partial charge in [0.25, 0.3) is 0 Å². The topological polar surface area (TPSA) is 57.0 Å². The molecule has 0 spiro atoms. The predicted molar refractivity (Wildman–Crippen MR) is 73.6 cm³/mol. The standard InChI is InChI=1S/C13H14BrN3O2/c1-3-19-13(18)11(12-16-15-8-17(12)2)9-4-6-10(14)7-5-9/h4-8,11H,3H2,1-2H3. The molecule has 0 N–H and O–H groups in total. The first-order chi connectivity index (χ1) is 9.13. The SMILES string of the molecule is CCOC(=O)C(c1ccc(Br)cc1)c1nncn1C. The molecule has 0 bridgehead atoms. The van der Waals surface area contributed by atoms with Gasteiger partial charge in [0.15, 0.2) is 5.82 Å². The van der Waals surface area contributed by atoms with Gasteiger partial charge in [-0.3, -0.25) is 4.79 Å². The van der Waals surface area contributed by atoms with E-state index in [-0.39, 0.29) is 5.97 Å². The first kappa shape index (κ1) is 13.7. The Morgan fingerprint density at radius 3 is 2.63 bits per heavy atom. The van der Waals surface area contributed by atoms with Crippen LogP contribution in [0, 0.1) is 0 Å². The molecule has 19 heavy (non-hydrogen) atoms. The summed E-state index contributed by atoms with van der Waals surface area (Å²) in [7, 11) is 1.81. The summed E-state index contributed by atoms with van der Waals surface area (Å²) >= 11 is 3.38. The van der Waals surface area contributed by atoms with Gasteiger partial charge in [0.05, 0.1) is 6.61 Å². The number of benzene rings is 1. The van der Waals surface area contributed by atoms with E-state index >= 15 is 0 Å². The second-order valence-corrected chi connectivity index (χ2v) is 4.95. The number of hydrogen-bond donors (Lipinski definition) is 0. The summed E-state index contributed by atoms with van der Waals surface area (Å²) in [5.41, 5.74) is 0.831. The molecule has 0 amide bonds. The van der Waals surface area contributed by atoms with Crippen LogP contribution in [0.15, 0.2) is 35.1 Å². The second kappa shape index (κ2) is 5.97. The Morgan fingerprint density at radius 2 is 2.11 bits per heavy atom. The van der Waals surface area contributed by atoms with Gasteiger partial charge in [-0.2, -0.15) is 0 Å². The quantitative estimate of drug-likeness (QED) is 0.810. The van der Waals surface area contributed by atoms with E-state index in [1.54, 1.807) is 24.9 Å². The molecule has 2 aromatic rings. The Balaban J connectivity index is 2.43. The number of ether oxygens (including phenoxy) is 1. The summed E-state index contributed by atoms with van der Waals surface area (Å²) in [6, 6.07) is 7.52. The summed E-state index contributed by atoms with van der Waals surface area (Å²) in [6.07, 6.45) is 1.57. The molecule has 1 aromatic carbocycles. The fourth-order valence-electron chi connectivity index (χ4n) is 1.82. The average Bonchev–Trinajstić information content (AvgIpc) is 2.79. The van der Waals surface area contributed by atoms with Crippen LogP contribution in [-0.2, 0) is 16.6 Å². The minimum Gasteiger partial charge on any atom is -0.465 e. The number of halogens is 1. The number of aryl methyl sites for hydroxylation is 1. The van der Waals surface area contributed by atoms with E-state index in [1.165, 1.54) is 0 Å². The van der Waals surface area contributed by atoms with Gasteiger partial charge in [-0.15, -0.1) is 10.2 Å². The van der Waals surface area contributed by atoms with Crippen LogP contribution in [0.2, 0.25) is 0 Å². The van der Waals surface area contributed by atoms with Gasteiger partial charge in [0.1, 0.15) is 12.2 Å². The van der Waals surface area contributed by atoms with Crippen molar-refractivity contribution in [1.82, 2.24) is 14.8 Å². The Kier molecular flexibility index (Phi) is 4.31. The number of hydrogen-bond acceptors (Lipinski definition) is 4. The average molecular weight is 324 g/mol. The van der Waals surface area contributed by atoms with E-state index in [4.69, 9.17) is 4.74 Å². The molecule has 6 heteroatoms. The lowest BCUT2D eigenvalue weighted by Crippen LogP contribution is -2.20. The summed E-state index contributed by atoms with van der Waals surface area (Å²) < 4.78 is 7.82. The maximum Gasteiger partial charge on any atom is 0.321 e. The molecule has 0 saturated heterocycles. The highest BCUT2D eigenvalue weighted by Crippen LogP contribution is 2.25. The molecule has 1 atom stereocenters. The fourth-order valence-corrected chi connectivity index (χ4v) is 2.09. The zero-order valence-corrected chi connectivity index (χ0v) is 12.3. The van der Waals surface area contributed by atoms with Crippen LogP contribution in [0.4, 0.5) is 0 Å². The van der Waals surface area contributed by atoms with Crippen LogP contribution in [0.1, 0.15) is 24.2 Å². The van der Waals surface area contributed by atoms with Crippen molar-refractivity contribution in [2.45, 2.75) is 12.8 Å². The fraction of sp³-hybridized carbons (Fsp3) is 0.308. The summed E-state index contributed by atoms with van der Waals surface area (Å²) in [6.45, 7) is 2.12. The van der Waals surface area contributed by atoms with Gasteiger partial charge in [0, 0.05) is 11.5 Å². The van der Waals surface area contributed by atoms with Crippen molar-refractivity contribution in [3.05, 3.63) is 46.5 Å². The van der Waals surface area contributed by atoms with Crippen molar-refractivity contribution in [1.29, 1.82) is 0 Å². The molecule has 1 unspecified atom stereocenters. The first-order valence-corrected chi connectivity index (χ1v) is 6.68. The van der Waals surface area contributed by atoms with Gasteiger partial charge in [-0.05, 0) is 24.6 Å². The molecule has 100 valence electrons. The van der Waals surface area contributed by atoms with Crippen molar-refractivity contribution >= 4 is 21.9 Å². The summed E-state index contributed by atoms with van der Waals surface area (Å²) in [5.74, 6) is -0.303. The zero-order chi connectivity index (χ0) is 13.8. The van der Waals surface area contributed by atoms with Gasteiger partial charge in [0.2, 0.25) is 0 Å². The van der Waals surface area contributed by atoms with Crippen LogP contribution in [0.3, 0.4) is 0 Å². The molecule has 1 aromatic heterocycles. The lowest BCUT2D eigenvalue weighted by molar-refractivity contribution is -0.144. The van der Waals surface area contributed by atoms with Crippen LogP contribution < -0.4 is 0 Å². The smallest absolute Gasteiger partial charge is 0.321 e. The molecule has 0 aliphatic heterocycles. The van der Waals surface area contributed by atoms with E-state index in [2.05, 4.69) is 26.1 Å². The first-order valence-electron chi connectivity index (χ1n) is 5.89. The number of nitrogens with zero attached hydrogens (tertiary/aromatic N) is 3. The van der Waals surface area contributed by atoms with Crippen molar-refractivity contribution in [3.8, 4) is 0 Å². The number of carbonyl (C=O) groups is 1. The third-order valence-corrected chi connectivity index (χ3v) is 3.26. The second-order valence-electron chi connectivity index (χ2n) is 4.04. The molecule has 0 aliphatic rings. The van der Waals surface area contributed by atoms with Crippen molar-refractivity contribution in [3.63, 3.8) is 0 Å². The van der Waals surface area contributed by atoms with Crippen LogP contribution in [0.25, 0.3) is 0 Å². The van der Waals surface area contributed by atoms with Gasteiger partial charge in [-0.1, -0.05) is 28.1 Å². The maximum absolute atomic E-state index is 12.2. The highest BCUT2D eigenvalue weighted by Gasteiger charge is 2.28. The Morgan fingerprint density at radius 1 is 1.42 bits per heavy atom. The Bertz CT molecular complexity index is 566. The number of aromatic nitrogens is 3. The van der Waals surface area contributed by atoms with E-state index in [0.29, 0.717) is 12.4 Å². The van der Waals surface area contributed by atoms with Crippen LogP contribution >= 0.6 is 15.9 Å². The molecular formula is C13H14BrN3O2. The highest BCUT2D eigenvalue weighted by molar-refractivity contribution is 9.10. The van der Waals surface area contributed by atoms with E-state index < -0.39 is 5.92 Å². The van der Waals surface area contributed by atoms with Gasteiger partial charge in [-0.25, -0.2) is 0 Å². The third kappa shape index (κ3) is 3.01. The van der Waals surface area contributed by atoms with Crippen LogP contribution in [0.5, 0.6) is 0 Å². The molecule has 1 heterocycles. The van der Waals surface area contributed by atoms with Crippen molar-refractivity contribution in [2.75, 3.05) is 6.61 Å². The maximum atomic E-state index is 12.2. The molecule has 5 nitrogen and oxygen atoms in total. The van der Waals surface area contributed by atoms with E-state index in [0.717, 1.165) is 10.0 Å². The van der Waals surface area contributed by atoms with E-state index in [1.807, 2.05) is 24.3 Å². The Hall–Kier alpha value is -1.69. The molecule has 2 rings (SSSR count). The van der Waals surface area contributed by atoms with Crippen molar-refractivity contribution in [2.24, 2.45) is 7.05 Å². The predicted octanol–water partition coefficient (Wildman–Crippen LogP) is 2.27. The molecule has 0 aliphatic carbocycles. The summed E-state index contributed by atoms with van der Waals surface area (Å²) in [5, 5.41) is 7.84. The van der Waals surface area contributed by atoms with E-state index in [9.17, 15) is 4.79 Å². The largest absolute Gasteiger partial charge is 0.465 e. The lowest BCUT2D eigenvalue weighted by Gasteiger charge is -2.15. The highest BCUT2D eigenvalue weighted by atomic mass is 79.9. The normalized spacial score (nSPS) is 12.2. The van der Waals surface area contributed by atoms with Crippen molar-refractivity contribution < 1.29 is 9.53 Å². The number of esters is 1. The number of carbonyl (C=O) groups excluding carboxylic acids is 1. The third-order valence-electron chi connectivity index (χ3n) is 2.73. The summed E-state index contributed by atoms with van der Waals surface area (Å²) in [4.78, 5) is 12.2. The van der Waals surface area contributed by atoms with Crippen LogP contribution in [-0.4, -0.2) is 27.3 Å². The minimum absolute atomic E-state index is 0.319. The molecule has 0 fully saturated rings. The zero-order valence-electron chi connectivity index (χ0n) is 10.7. The Labute approximate surface area is 119 Å². The molecule has 0 saturated carbocycles. The minimum atomic E-state index is -0.555. The number of rotatable bonds is 4. The van der Waals surface area contributed by atoms with Gasteiger partial charge >= 0.3 is 5.97 Å². The monoisotopic (exact) mass is 323 g/mol. The lowest BCUT2D eigenvalue weighted by atomic mass is 9.98. The molecular weight excluding hydrogens is 310 g/mol. The van der Waals surface area contributed by atoms with Gasteiger partial charge < -0.3 is 9.30 Å².